The van der Waals surface area contributed by atoms with Crippen LogP contribution in [0.15, 0.2) is 29.7 Å². The third-order valence-electron chi connectivity index (χ3n) is 2.69. The maximum atomic E-state index is 13.1. The van der Waals surface area contributed by atoms with Gasteiger partial charge >= 0.3 is 0 Å². The summed E-state index contributed by atoms with van der Waals surface area (Å²) in [5, 5.41) is 8.24. The van der Waals surface area contributed by atoms with Gasteiger partial charge in [-0.25, -0.2) is 8.78 Å². The molecular weight excluding hydrogens is 300 g/mol. The van der Waals surface area contributed by atoms with Gasteiger partial charge in [0.25, 0.3) is 0 Å². The van der Waals surface area contributed by atoms with E-state index in [1.807, 2.05) is 0 Å². The zero-order chi connectivity index (χ0) is 15.2. The molecule has 5 nitrogen and oxygen atoms in total. The van der Waals surface area contributed by atoms with Gasteiger partial charge in [-0.1, -0.05) is 11.8 Å². The van der Waals surface area contributed by atoms with E-state index >= 15 is 0 Å². The summed E-state index contributed by atoms with van der Waals surface area (Å²) >= 11 is 1.19. The molecule has 0 spiro atoms. The average molecular weight is 313 g/mol. The number of nitrogens with zero attached hydrogens (tertiary/aromatic N) is 3. The highest BCUT2D eigenvalue weighted by Gasteiger charge is 2.12. The maximum Gasteiger partial charge on any atom is 0.191 e. The molecule has 0 N–H and O–H groups in total. The number of halogens is 2. The third kappa shape index (κ3) is 4.08. The number of ketones is 1. The van der Waals surface area contributed by atoms with E-state index < -0.39 is 11.6 Å². The molecule has 0 fully saturated rings. The molecule has 112 valence electrons. The number of ether oxygens (including phenoxy) is 1. The Morgan fingerprint density at radius 1 is 1.38 bits per heavy atom. The Balaban J connectivity index is 1.97. The Hall–Kier alpha value is -1.80. The molecule has 1 aromatic heterocycles. The van der Waals surface area contributed by atoms with Crippen molar-refractivity contribution in [3.8, 4) is 0 Å². The van der Waals surface area contributed by atoms with Crippen molar-refractivity contribution in [1.82, 2.24) is 14.8 Å². The maximum absolute atomic E-state index is 13.1. The molecule has 0 radical (unpaired) electrons. The van der Waals surface area contributed by atoms with Crippen LogP contribution in [0.2, 0.25) is 0 Å². The number of benzene rings is 1. The van der Waals surface area contributed by atoms with Crippen molar-refractivity contribution >= 4 is 17.5 Å². The Morgan fingerprint density at radius 3 is 2.90 bits per heavy atom. The van der Waals surface area contributed by atoms with Crippen LogP contribution in [0.25, 0.3) is 0 Å². The summed E-state index contributed by atoms with van der Waals surface area (Å²) in [4.78, 5) is 11.9. The van der Waals surface area contributed by atoms with Crippen LogP contribution in [0.3, 0.4) is 0 Å². The van der Waals surface area contributed by atoms with Crippen molar-refractivity contribution in [1.29, 1.82) is 0 Å². The van der Waals surface area contributed by atoms with Gasteiger partial charge in [-0.2, -0.15) is 0 Å². The molecule has 0 bridgehead atoms. The molecule has 0 aliphatic heterocycles. The van der Waals surface area contributed by atoms with Gasteiger partial charge in [0.05, 0.1) is 12.4 Å². The SMILES string of the molecule is COCCn1cnnc1SCC(=O)c1ccc(F)c(F)c1. The van der Waals surface area contributed by atoms with Gasteiger partial charge in [-0.05, 0) is 18.2 Å². The zero-order valence-electron chi connectivity index (χ0n) is 11.3. The minimum absolute atomic E-state index is 0.0662. The Kier molecular flexibility index (Phi) is 5.40. The number of Topliss-reactive ketones (excluding diaryl/α,β-unsaturated/α-hetero) is 1. The minimum Gasteiger partial charge on any atom is -0.383 e. The number of aromatic nitrogens is 3. The van der Waals surface area contributed by atoms with Gasteiger partial charge in [0.15, 0.2) is 22.6 Å². The molecule has 0 aliphatic rings. The van der Waals surface area contributed by atoms with E-state index in [1.165, 1.54) is 17.8 Å². The van der Waals surface area contributed by atoms with Crippen LogP contribution in [-0.2, 0) is 11.3 Å². The van der Waals surface area contributed by atoms with Crippen LogP contribution in [0.1, 0.15) is 10.4 Å². The lowest BCUT2D eigenvalue weighted by Gasteiger charge is -2.05. The van der Waals surface area contributed by atoms with E-state index in [0.717, 1.165) is 12.1 Å². The lowest BCUT2D eigenvalue weighted by atomic mass is 10.1. The van der Waals surface area contributed by atoms with E-state index in [2.05, 4.69) is 10.2 Å². The number of hydrogen-bond donors (Lipinski definition) is 0. The highest BCUT2D eigenvalue weighted by atomic mass is 32.2. The zero-order valence-corrected chi connectivity index (χ0v) is 12.1. The average Bonchev–Trinajstić information content (AvgIpc) is 2.92. The Bertz CT molecular complexity index is 634. The van der Waals surface area contributed by atoms with Crippen LogP contribution in [0.5, 0.6) is 0 Å². The van der Waals surface area contributed by atoms with Crippen molar-refractivity contribution in [3.05, 3.63) is 41.7 Å². The number of thioether (sulfide) groups is 1. The smallest absolute Gasteiger partial charge is 0.191 e. The third-order valence-corrected chi connectivity index (χ3v) is 3.67. The standard InChI is InChI=1S/C13H13F2N3O2S/c1-20-5-4-18-8-16-17-13(18)21-7-12(19)9-2-3-10(14)11(15)6-9/h2-3,6,8H,4-5,7H2,1H3. The molecule has 8 heteroatoms. The monoisotopic (exact) mass is 313 g/mol. The van der Waals surface area contributed by atoms with Crippen LogP contribution in [0, 0.1) is 11.6 Å². The molecule has 0 unspecified atom stereocenters. The first-order valence-electron chi connectivity index (χ1n) is 6.09. The Morgan fingerprint density at radius 2 is 2.19 bits per heavy atom. The summed E-state index contributed by atoms with van der Waals surface area (Å²) in [6.45, 7) is 1.08. The second-order valence-electron chi connectivity index (χ2n) is 4.14. The first-order valence-corrected chi connectivity index (χ1v) is 7.08. The molecular formula is C13H13F2N3O2S. The predicted octanol–water partition coefficient (Wildman–Crippen LogP) is 2.18. The number of carbonyl (C=O) groups is 1. The van der Waals surface area contributed by atoms with Gasteiger partial charge in [0, 0.05) is 19.2 Å². The van der Waals surface area contributed by atoms with E-state index in [-0.39, 0.29) is 17.1 Å². The summed E-state index contributed by atoms with van der Waals surface area (Å²) in [6.07, 6.45) is 1.55. The first kappa shape index (κ1) is 15.6. The highest BCUT2D eigenvalue weighted by molar-refractivity contribution is 7.99. The largest absolute Gasteiger partial charge is 0.383 e. The molecule has 0 atom stereocenters. The van der Waals surface area contributed by atoms with E-state index in [9.17, 15) is 13.6 Å². The van der Waals surface area contributed by atoms with Crippen LogP contribution < -0.4 is 0 Å². The van der Waals surface area contributed by atoms with Crippen molar-refractivity contribution < 1.29 is 18.3 Å². The van der Waals surface area contributed by atoms with E-state index in [1.54, 1.807) is 18.0 Å². The molecule has 0 aliphatic carbocycles. The van der Waals surface area contributed by atoms with Crippen molar-refractivity contribution in [2.24, 2.45) is 0 Å². The highest BCUT2D eigenvalue weighted by Crippen LogP contribution is 2.17. The molecule has 0 saturated heterocycles. The van der Waals surface area contributed by atoms with E-state index in [4.69, 9.17) is 4.74 Å². The topological polar surface area (TPSA) is 57.0 Å². The molecule has 1 heterocycles. The molecule has 2 aromatic rings. The van der Waals surface area contributed by atoms with Crippen LogP contribution in [0.4, 0.5) is 8.78 Å². The Labute approximate surface area is 124 Å². The molecule has 0 amide bonds. The van der Waals surface area contributed by atoms with Gasteiger partial charge in [0.2, 0.25) is 0 Å². The molecule has 2 rings (SSSR count). The van der Waals surface area contributed by atoms with Gasteiger partial charge in [-0.3, -0.25) is 4.79 Å². The molecule has 0 saturated carbocycles. The fourth-order valence-corrected chi connectivity index (χ4v) is 2.42. The fourth-order valence-electron chi connectivity index (χ4n) is 1.58. The number of hydrogen-bond acceptors (Lipinski definition) is 5. The van der Waals surface area contributed by atoms with Gasteiger partial charge < -0.3 is 9.30 Å². The minimum atomic E-state index is -1.03. The normalized spacial score (nSPS) is 10.8. The summed E-state index contributed by atoms with van der Waals surface area (Å²) in [7, 11) is 1.59. The summed E-state index contributed by atoms with van der Waals surface area (Å²) in [5.41, 5.74) is 0.129. The number of carbonyl (C=O) groups excluding carboxylic acids is 1. The van der Waals surface area contributed by atoms with Crippen LogP contribution in [-0.4, -0.2) is 40.0 Å². The lowest BCUT2D eigenvalue weighted by molar-refractivity contribution is 0.102. The van der Waals surface area contributed by atoms with Crippen molar-refractivity contribution in [2.75, 3.05) is 19.5 Å². The lowest BCUT2D eigenvalue weighted by Crippen LogP contribution is -2.07. The number of rotatable bonds is 7. The van der Waals surface area contributed by atoms with Crippen molar-refractivity contribution in [2.45, 2.75) is 11.7 Å². The van der Waals surface area contributed by atoms with Crippen molar-refractivity contribution in [3.63, 3.8) is 0 Å². The molecule has 1 aromatic carbocycles. The number of methoxy groups -OCH3 is 1. The fraction of sp³-hybridized carbons (Fsp3) is 0.308. The second-order valence-corrected chi connectivity index (χ2v) is 5.08. The van der Waals surface area contributed by atoms with Gasteiger partial charge in [-0.15, -0.1) is 10.2 Å². The van der Waals surface area contributed by atoms with Crippen LogP contribution >= 0.6 is 11.8 Å². The van der Waals surface area contributed by atoms with Gasteiger partial charge in [0.1, 0.15) is 6.33 Å². The second kappa shape index (κ2) is 7.28. The van der Waals surface area contributed by atoms with E-state index in [0.29, 0.717) is 18.3 Å². The summed E-state index contributed by atoms with van der Waals surface area (Å²) in [5.74, 6) is -2.25. The summed E-state index contributed by atoms with van der Waals surface area (Å²) in [6, 6.07) is 3.10. The molecule has 21 heavy (non-hydrogen) atoms. The predicted molar refractivity (Wildman–Crippen MR) is 73.3 cm³/mol. The quantitative estimate of drug-likeness (QED) is 0.579. The first-order chi connectivity index (χ1) is 10.1. The summed E-state index contributed by atoms with van der Waals surface area (Å²) < 4.78 is 32.6.